The lowest BCUT2D eigenvalue weighted by molar-refractivity contribution is 0.0697. The molecule has 0 spiro atoms. The molecule has 1 heterocycles. The summed E-state index contributed by atoms with van der Waals surface area (Å²) in [6, 6.07) is 13.4. The van der Waals surface area contributed by atoms with Crippen molar-refractivity contribution in [3.8, 4) is 11.3 Å². The van der Waals surface area contributed by atoms with Crippen molar-refractivity contribution in [2.75, 3.05) is 0 Å². The van der Waals surface area contributed by atoms with E-state index in [-0.39, 0.29) is 10.6 Å². The predicted octanol–water partition coefficient (Wildman–Crippen LogP) is 5.73. The summed E-state index contributed by atoms with van der Waals surface area (Å²) in [5.41, 5.74) is 4.23. The zero-order valence-corrected chi connectivity index (χ0v) is 16.0. The summed E-state index contributed by atoms with van der Waals surface area (Å²) in [4.78, 5) is 11.2. The van der Waals surface area contributed by atoms with Gasteiger partial charge >= 0.3 is 5.97 Å². The second-order valence-corrected chi connectivity index (χ2v) is 6.72. The number of rotatable bonds is 6. The van der Waals surface area contributed by atoms with Crippen molar-refractivity contribution in [3.05, 3.63) is 80.5 Å². The zero-order chi connectivity index (χ0) is 19.4. The lowest BCUT2D eigenvalue weighted by atomic mass is 10.1. The first kappa shape index (κ1) is 19.3. The highest BCUT2D eigenvalue weighted by molar-refractivity contribution is 6.36. The summed E-state index contributed by atoms with van der Waals surface area (Å²) in [5, 5.41) is 14.5. The van der Waals surface area contributed by atoms with Crippen LogP contribution in [0.25, 0.3) is 11.3 Å². The molecular formula is C19H13Cl3N2O3. The number of nitrogens with one attached hydrogen (secondary N) is 1. The molecule has 0 saturated heterocycles. The number of hydrogen-bond acceptors (Lipinski definition) is 4. The van der Waals surface area contributed by atoms with E-state index in [2.05, 4.69) is 10.5 Å². The molecule has 1 aromatic heterocycles. The van der Waals surface area contributed by atoms with E-state index >= 15 is 0 Å². The molecule has 0 amide bonds. The van der Waals surface area contributed by atoms with Crippen molar-refractivity contribution in [2.24, 2.45) is 5.10 Å². The lowest BCUT2D eigenvalue weighted by Gasteiger charge is -2.05. The van der Waals surface area contributed by atoms with Gasteiger partial charge in [-0.05, 0) is 42.5 Å². The number of benzene rings is 2. The van der Waals surface area contributed by atoms with E-state index in [4.69, 9.17) is 44.3 Å². The lowest BCUT2D eigenvalue weighted by Crippen LogP contribution is -2.06. The smallest absolute Gasteiger partial charge is 0.337 e. The second kappa shape index (κ2) is 8.48. The van der Waals surface area contributed by atoms with Crippen LogP contribution in [0.3, 0.4) is 0 Å². The monoisotopic (exact) mass is 422 g/mol. The van der Waals surface area contributed by atoms with Crippen molar-refractivity contribution in [1.82, 2.24) is 5.43 Å². The maximum atomic E-state index is 11.2. The van der Waals surface area contributed by atoms with Crippen molar-refractivity contribution in [2.45, 2.75) is 6.54 Å². The Morgan fingerprint density at radius 3 is 2.52 bits per heavy atom. The highest BCUT2D eigenvalue weighted by Gasteiger charge is 2.12. The van der Waals surface area contributed by atoms with Crippen LogP contribution in [0.5, 0.6) is 0 Å². The highest BCUT2D eigenvalue weighted by atomic mass is 35.5. The van der Waals surface area contributed by atoms with Crippen LogP contribution in [0.4, 0.5) is 0 Å². The van der Waals surface area contributed by atoms with E-state index in [0.717, 1.165) is 5.56 Å². The van der Waals surface area contributed by atoms with E-state index < -0.39 is 5.97 Å². The predicted molar refractivity (Wildman–Crippen MR) is 107 cm³/mol. The van der Waals surface area contributed by atoms with Crippen molar-refractivity contribution >= 4 is 47.0 Å². The Morgan fingerprint density at radius 1 is 1.07 bits per heavy atom. The molecule has 3 rings (SSSR count). The van der Waals surface area contributed by atoms with Gasteiger partial charge in [-0.3, -0.25) is 0 Å². The molecule has 0 aliphatic heterocycles. The summed E-state index contributed by atoms with van der Waals surface area (Å²) >= 11 is 18.1. The largest absolute Gasteiger partial charge is 0.478 e. The minimum atomic E-state index is -1.10. The van der Waals surface area contributed by atoms with Crippen LogP contribution in [-0.2, 0) is 6.54 Å². The topological polar surface area (TPSA) is 74.8 Å². The van der Waals surface area contributed by atoms with Gasteiger partial charge in [0.25, 0.3) is 0 Å². The fraction of sp³-hybridized carbons (Fsp3) is 0.0526. The average Bonchev–Trinajstić information content (AvgIpc) is 3.09. The Labute approximate surface area is 170 Å². The van der Waals surface area contributed by atoms with Crippen LogP contribution >= 0.6 is 34.8 Å². The van der Waals surface area contributed by atoms with Gasteiger partial charge in [-0.2, -0.15) is 5.10 Å². The molecule has 0 bridgehead atoms. The molecule has 8 heteroatoms. The second-order valence-electron chi connectivity index (χ2n) is 5.50. The van der Waals surface area contributed by atoms with Gasteiger partial charge in [0.15, 0.2) is 0 Å². The van der Waals surface area contributed by atoms with Gasteiger partial charge in [0.1, 0.15) is 11.5 Å². The molecule has 5 nitrogen and oxygen atoms in total. The number of halogens is 3. The van der Waals surface area contributed by atoms with E-state index in [1.807, 2.05) is 0 Å². The SMILES string of the molecule is O=C(O)c1cc(-c2ccc(/C=N/NCc3c(Cl)cccc3Cl)o2)ccc1Cl. The van der Waals surface area contributed by atoms with Gasteiger partial charge in [-0.1, -0.05) is 40.9 Å². The van der Waals surface area contributed by atoms with Crippen molar-refractivity contribution in [3.63, 3.8) is 0 Å². The van der Waals surface area contributed by atoms with Gasteiger partial charge in [-0.15, -0.1) is 0 Å². The van der Waals surface area contributed by atoms with Crippen LogP contribution < -0.4 is 5.43 Å². The number of carboxylic acids is 1. The Hall–Kier alpha value is -2.47. The fourth-order valence-corrected chi connectivity index (χ4v) is 3.08. The zero-order valence-electron chi connectivity index (χ0n) is 13.7. The Balaban J connectivity index is 1.68. The van der Waals surface area contributed by atoms with Gasteiger partial charge in [0.2, 0.25) is 0 Å². The first-order chi connectivity index (χ1) is 13.0. The quantitative estimate of drug-likeness (QED) is 0.392. The van der Waals surface area contributed by atoms with Crippen LogP contribution in [0.2, 0.25) is 15.1 Å². The third kappa shape index (κ3) is 4.63. The molecule has 2 N–H and O–H groups in total. The van der Waals surface area contributed by atoms with Crippen LogP contribution in [0.15, 0.2) is 58.0 Å². The van der Waals surface area contributed by atoms with Crippen molar-refractivity contribution < 1.29 is 14.3 Å². The summed E-state index contributed by atoms with van der Waals surface area (Å²) in [7, 11) is 0. The summed E-state index contributed by atoms with van der Waals surface area (Å²) < 4.78 is 5.67. The van der Waals surface area contributed by atoms with Gasteiger partial charge in [0.05, 0.1) is 23.3 Å². The van der Waals surface area contributed by atoms with Crippen molar-refractivity contribution in [1.29, 1.82) is 0 Å². The Kier molecular flexibility index (Phi) is 6.06. The third-order valence-corrected chi connectivity index (χ3v) is 4.75. The third-order valence-electron chi connectivity index (χ3n) is 3.71. The number of carboxylic acid groups (broad SMARTS) is 1. The molecule has 2 aromatic carbocycles. The number of carbonyl (C=O) groups is 1. The number of hydrogen-bond donors (Lipinski definition) is 2. The van der Waals surface area contributed by atoms with Gasteiger partial charge in [-0.25, -0.2) is 4.79 Å². The molecule has 0 aliphatic carbocycles. The molecule has 0 radical (unpaired) electrons. The molecule has 0 unspecified atom stereocenters. The average molecular weight is 424 g/mol. The van der Waals surface area contributed by atoms with Gasteiger partial charge in [0, 0.05) is 21.2 Å². The molecule has 0 aliphatic rings. The maximum Gasteiger partial charge on any atom is 0.337 e. The van der Waals surface area contributed by atoms with E-state index in [0.29, 0.717) is 33.7 Å². The molecule has 0 atom stereocenters. The number of nitrogens with zero attached hydrogens (tertiary/aromatic N) is 1. The van der Waals surface area contributed by atoms with Crippen LogP contribution in [0.1, 0.15) is 21.7 Å². The minimum Gasteiger partial charge on any atom is -0.478 e. The van der Waals surface area contributed by atoms with Crippen LogP contribution in [-0.4, -0.2) is 17.3 Å². The standard InChI is InChI=1S/C19H13Cl3N2O3/c20-15-2-1-3-16(21)14(15)10-24-23-9-12-5-7-18(27-12)11-4-6-17(22)13(8-11)19(25)26/h1-9,24H,10H2,(H,25,26)/b23-9+. The number of hydrazone groups is 1. The van der Waals surface area contributed by atoms with E-state index in [1.54, 1.807) is 36.4 Å². The molecule has 0 fully saturated rings. The number of furan rings is 1. The summed E-state index contributed by atoms with van der Waals surface area (Å²) in [6.45, 7) is 0.363. The normalized spacial score (nSPS) is 11.1. The molecule has 138 valence electrons. The highest BCUT2D eigenvalue weighted by Crippen LogP contribution is 2.27. The number of aromatic carboxylic acids is 1. The fourth-order valence-electron chi connectivity index (χ4n) is 2.35. The Morgan fingerprint density at radius 2 is 1.81 bits per heavy atom. The minimum absolute atomic E-state index is 0.0130. The summed E-state index contributed by atoms with van der Waals surface area (Å²) in [5.74, 6) is -0.100. The first-order valence-electron chi connectivity index (χ1n) is 7.77. The van der Waals surface area contributed by atoms with E-state index in [1.165, 1.54) is 18.3 Å². The van der Waals surface area contributed by atoms with E-state index in [9.17, 15) is 4.79 Å². The maximum absolute atomic E-state index is 11.2. The molecular weight excluding hydrogens is 411 g/mol. The molecule has 27 heavy (non-hydrogen) atoms. The van der Waals surface area contributed by atoms with Crippen LogP contribution in [0, 0.1) is 0 Å². The molecule has 3 aromatic rings. The Bertz CT molecular complexity index is 995. The first-order valence-corrected chi connectivity index (χ1v) is 8.91. The summed E-state index contributed by atoms with van der Waals surface area (Å²) in [6.07, 6.45) is 1.50. The van der Waals surface area contributed by atoms with Gasteiger partial charge < -0.3 is 14.9 Å². The molecule has 0 saturated carbocycles.